The zero-order valence-corrected chi connectivity index (χ0v) is 11.4. The van der Waals surface area contributed by atoms with Gasteiger partial charge in [-0.1, -0.05) is 49.4 Å². The van der Waals surface area contributed by atoms with Gasteiger partial charge in [-0.25, -0.2) is 0 Å². The van der Waals surface area contributed by atoms with Gasteiger partial charge in [0.2, 0.25) is 0 Å². The van der Waals surface area contributed by atoms with E-state index >= 15 is 0 Å². The zero-order valence-electron chi connectivity index (χ0n) is 11.4. The Labute approximate surface area is 115 Å². The summed E-state index contributed by atoms with van der Waals surface area (Å²) in [6.07, 6.45) is 0.971. The number of rotatable bonds is 7. The summed E-state index contributed by atoms with van der Waals surface area (Å²) < 4.78 is 5.65. The Kier molecular flexibility index (Phi) is 5.45. The predicted molar refractivity (Wildman–Crippen MR) is 79.7 cm³/mol. The lowest BCUT2D eigenvalue weighted by Crippen LogP contribution is -2.20. The molecule has 0 aliphatic heterocycles. The minimum absolute atomic E-state index is 0.714. The molecular weight excluding hydrogens is 234 g/mol. The maximum absolute atomic E-state index is 5.65. The van der Waals surface area contributed by atoms with Gasteiger partial charge in [0, 0.05) is 6.54 Å². The molecule has 0 atom stereocenters. The van der Waals surface area contributed by atoms with E-state index in [9.17, 15) is 0 Å². The molecule has 2 aromatic rings. The third-order valence-electron chi connectivity index (χ3n) is 2.97. The lowest BCUT2D eigenvalue weighted by molar-refractivity contribution is 0.315. The van der Waals surface area contributed by atoms with E-state index in [2.05, 4.69) is 48.6 Å². The smallest absolute Gasteiger partial charge is 0.119 e. The van der Waals surface area contributed by atoms with E-state index in [0.29, 0.717) is 6.61 Å². The van der Waals surface area contributed by atoms with Gasteiger partial charge in [0.1, 0.15) is 12.4 Å². The number of likely N-dealkylation sites (N-methyl/N-ethyl adjacent to an activating group) is 1. The van der Waals surface area contributed by atoms with Crippen molar-refractivity contribution in [2.45, 2.75) is 13.3 Å². The fourth-order valence-electron chi connectivity index (χ4n) is 1.95. The van der Waals surface area contributed by atoms with E-state index in [1.54, 1.807) is 0 Å². The number of hydrogen-bond donors (Lipinski definition) is 1. The molecule has 0 bridgehead atoms. The fourth-order valence-corrected chi connectivity index (χ4v) is 1.95. The molecule has 0 aliphatic rings. The van der Waals surface area contributed by atoms with Crippen LogP contribution in [0.3, 0.4) is 0 Å². The summed E-state index contributed by atoms with van der Waals surface area (Å²) in [5, 5.41) is 3.24. The van der Waals surface area contributed by atoms with Crippen molar-refractivity contribution in [1.29, 1.82) is 0 Å². The Morgan fingerprint density at radius 1 is 0.895 bits per heavy atom. The first-order valence-corrected chi connectivity index (χ1v) is 6.85. The van der Waals surface area contributed by atoms with Crippen molar-refractivity contribution in [2.24, 2.45) is 0 Å². The maximum Gasteiger partial charge on any atom is 0.119 e. The van der Waals surface area contributed by atoms with E-state index in [4.69, 9.17) is 4.74 Å². The summed E-state index contributed by atoms with van der Waals surface area (Å²) in [7, 11) is 0. The average molecular weight is 255 g/mol. The molecule has 0 amide bonds. The van der Waals surface area contributed by atoms with Crippen molar-refractivity contribution in [3.05, 3.63) is 65.7 Å². The average Bonchev–Trinajstić information content (AvgIpc) is 2.46. The third kappa shape index (κ3) is 4.76. The van der Waals surface area contributed by atoms with Crippen molar-refractivity contribution in [3.63, 3.8) is 0 Å². The molecule has 0 spiro atoms. The summed E-state index contributed by atoms with van der Waals surface area (Å²) in [5.41, 5.74) is 2.65. The molecule has 0 aliphatic carbocycles. The molecule has 0 aromatic heterocycles. The van der Waals surface area contributed by atoms with E-state index in [-0.39, 0.29) is 0 Å². The number of nitrogens with one attached hydrogen (secondary N) is 1. The van der Waals surface area contributed by atoms with Crippen LogP contribution in [0.1, 0.15) is 18.1 Å². The molecule has 19 heavy (non-hydrogen) atoms. The lowest BCUT2D eigenvalue weighted by Gasteiger charge is -2.07. The van der Waals surface area contributed by atoms with Gasteiger partial charge in [0.15, 0.2) is 0 Å². The molecule has 0 saturated heterocycles. The van der Waals surface area contributed by atoms with Gasteiger partial charge in [-0.05, 0) is 36.2 Å². The minimum Gasteiger partial charge on any atom is -0.492 e. The molecule has 0 fully saturated rings. The SMILES string of the molecule is CCNCCOc1ccc(Cc2ccccc2)cc1. The predicted octanol–water partition coefficient (Wildman–Crippen LogP) is 3.27. The van der Waals surface area contributed by atoms with Crippen molar-refractivity contribution < 1.29 is 4.74 Å². The molecule has 0 radical (unpaired) electrons. The Morgan fingerprint density at radius 2 is 1.58 bits per heavy atom. The second-order valence-corrected chi connectivity index (χ2v) is 4.51. The summed E-state index contributed by atoms with van der Waals surface area (Å²) in [6, 6.07) is 18.9. The second kappa shape index (κ2) is 7.59. The molecule has 0 unspecified atom stereocenters. The van der Waals surface area contributed by atoms with Crippen LogP contribution in [0.2, 0.25) is 0 Å². The van der Waals surface area contributed by atoms with E-state index in [0.717, 1.165) is 25.3 Å². The van der Waals surface area contributed by atoms with Crippen molar-refractivity contribution in [2.75, 3.05) is 19.7 Å². The summed E-state index contributed by atoms with van der Waals surface area (Å²) in [5.74, 6) is 0.940. The third-order valence-corrected chi connectivity index (χ3v) is 2.97. The van der Waals surface area contributed by atoms with Crippen molar-refractivity contribution in [3.8, 4) is 5.75 Å². The first kappa shape index (κ1) is 13.6. The van der Waals surface area contributed by atoms with Crippen LogP contribution in [-0.2, 0) is 6.42 Å². The highest BCUT2D eigenvalue weighted by atomic mass is 16.5. The normalized spacial score (nSPS) is 10.4. The lowest BCUT2D eigenvalue weighted by atomic mass is 10.1. The molecule has 1 N–H and O–H groups in total. The van der Waals surface area contributed by atoms with Gasteiger partial charge in [-0.15, -0.1) is 0 Å². The molecule has 2 rings (SSSR count). The fraction of sp³-hybridized carbons (Fsp3) is 0.294. The van der Waals surface area contributed by atoms with Crippen LogP contribution >= 0.6 is 0 Å². The van der Waals surface area contributed by atoms with Crippen LogP contribution in [0.15, 0.2) is 54.6 Å². The maximum atomic E-state index is 5.65. The van der Waals surface area contributed by atoms with Crippen molar-refractivity contribution >= 4 is 0 Å². The topological polar surface area (TPSA) is 21.3 Å². The summed E-state index contributed by atoms with van der Waals surface area (Å²) in [4.78, 5) is 0. The standard InChI is InChI=1S/C17H21NO/c1-2-18-12-13-19-17-10-8-16(9-11-17)14-15-6-4-3-5-7-15/h3-11,18H,2,12-14H2,1H3. The van der Waals surface area contributed by atoms with E-state index in [1.807, 2.05) is 18.2 Å². The first-order chi connectivity index (χ1) is 9.38. The molecule has 0 saturated carbocycles. The van der Waals surface area contributed by atoms with Gasteiger partial charge in [0.25, 0.3) is 0 Å². The van der Waals surface area contributed by atoms with Gasteiger partial charge in [-0.2, -0.15) is 0 Å². The van der Waals surface area contributed by atoms with E-state index in [1.165, 1.54) is 11.1 Å². The summed E-state index contributed by atoms with van der Waals surface area (Å²) in [6.45, 7) is 4.69. The highest BCUT2D eigenvalue weighted by Gasteiger charge is 1.97. The Morgan fingerprint density at radius 3 is 2.26 bits per heavy atom. The largest absolute Gasteiger partial charge is 0.492 e. The monoisotopic (exact) mass is 255 g/mol. The molecular formula is C17H21NO. The van der Waals surface area contributed by atoms with Gasteiger partial charge >= 0.3 is 0 Å². The quantitative estimate of drug-likeness (QED) is 0.767. The Balaban J connectivity index is 1.84. The Bertz CT molecular complexity index is 464. The van der Waals surface area contributed by atoms with Crippen LogP contribution in [-0.4, -0.2) is 19.7 Å². The molecule has 2 nitrogen and oxygen atoms in total. The zero-order chi connectivity index (χ0) is 13.3. The van der Waals surface area contributed by atoms with Crippen LogP contribution in [0, 0.1) is 0 Å². The molecule has 2 aromatic carbocycles. The number of benzene rings is 2. The molecule has 0 heterocycles. The molecule has 100 valence electrons. The van der Waals surface area contributed by atoms with Gasteiger partial charge in [0.05, 0.1) is 0 Å². The summed E-state index contributed by atoms with van der Waals surface area (Å²) >= 11 is 0. The van der Waals surface area contributed by atoms with Crippen molar-refractivity contribution in [1.82, 2.24) is 5.32 Å². The number of ether oxygens (including phenoxy) is 1. The highest BCUT2D eigenvalue weighted by Crippen LogP contribution is 2.15. The molecule has 2 heteroatoms. The van der Waals surface area contributed by atoms with Crippen LogP contribution in [0.25, 0.3) is 0 Å². The van der Waals surface area contributed by atoms with Gasteiger partial charge < -0.3 is 10.1 Å². The van der Waals surface area contributed by atoms with Crippen LogP contribution < -0.4 is 10.1 Å². The minimum atomic E-state index is 0.714. The van der Waals surface area contributed by atoms with Gasteiger partial charge in [-0.3, -0.25) is 0 Å². The van der Waals surface area contributed by atoms with E-state index < -0.39 is 0 Å². The van der Waals surface area contributed by atoms with Crippen LogP contribution in [0.5, 0.6) is 5.75 Å². The second-order valence-electron chi connectivity index (χ2n) is 4.51. The first-order valence-electron chi connectivity index (χ1n) is 6.85. The Hall–Kier alpha value is -1.80. The number of hydrogen-bond acceptors (Lipinski definition) is 2. The highest BCUT2D eigenvalue weighted by molar-refractivity contribution is 5.31. The van der Waals surface area contributed by atoms with Crippen LogP contribution in [0.4, 0.5) is 0 Å².